The second kappa shape index (κ2) is 12.5. The zero-order chi connectivity index (χ0) is 22.6. The van der Waals surface area contributed by atoms with Crippen molar-refractivity contribution < 1.29 is 14.4 Å². The van der Waals surface area contributed by atoms with Crippen LogP contribution >= 0.6 is 0 Å². The second-order valence-corrected chi connectivity index (χ2v) is 7.45. The van der Waals surface area contributed by atoms with Gasteiger partial charge in [0, 0.05) is 13.0 Å². The van der Waals surface area contributed by atoms with E-state index < -0.39 is 23.9 Å². The number of carbonyl (C=O) groups excluding carboxylic acids is 3. The largest absolute Gasteiger partial charge is 0.370 e. The van der Waals surface area contributed by atoms with Crippen molar-refractivity contribution in [1.29, 1.82) is 5.41 Å². The van der Waals surface area contributed by atoms with Gasteiger partial charge in [-0.15, -0.1) is 0 Å². The van der Waals surface area contributed by atoms with Gasteiger partial charge < -0.3 is 27.0 Å². The standard InChI is InChI=1S/C20H32N8O3/c21-20(22)25-11-5-9-15(19(31)28-23)26-18(30)16(12-13-6-2-1-3-7-13)27-17(29)14-8-4-10-24-14/h1-3,6-7,14-16,24H,4-5,8-12,23H2,(H,26,30)(H,27,29)(H,28,31)(H4,21,22,25)/t14-,15+,16+/m1/s1. The molecule has 170 valence electrons. The van der Waals surface area contributed by atoms with Crippen molar-refractivity contribution in [3.63, 3.8) is 0 Å². The Hall–Kier alpha value is -3.18. The van der Waals surface area contributed by atoms with E-state index in [9.17, 15) is 14.4 Å². The molecule has 0 radical (unpaired) electrons. The van der Waals surface area contributed by atoms with Gasteiger partial charge in [-0.25, -0.2) is 5.84 Å². The van der Waals surface area contributed by atoms with Crippen LogP contribution in [0, 0.1) is 5.41 Å². The minimum atomic E-state index is -0.883. The van der Waals surface area contributed by atoms with Crippen molar-refractivity contribution in [2.75, 3.05) is 13.1 Å². The summed E-state index contributed by atoms with van der Waals surface area (Å²) >= 11 is 0. The summed E-state index contributed by atoms with van der Waals surface area (Å²) < 4.78 is 0. The van der Waals surface area contributed by atoms with Crippen LogP contribution in [-0.2, 0) is 20.8 Å². The lowest BCUT2D eigenvalue weighted by atomic mass is 10.0. The highest BCUT2D eigenvalue weighted by Gasteiger charge is 2.29. The second-order valence-electron chi connectivity index (χ2n) is 7.45. The highest BCUT2D eigenvalue weighted by molar-refractivity contribution is 5.93. The molecule has 10 N–H and O–H groups in total. The van der Waals surface area contributed by atoms with Crippen LogP contribution in [0.1, 0.15) is 31.2 Å². The van der Waals surface area contributed by atoms with Crippen LogP contribution in [-0.4, -0.2) is 54.9 Å². The maximum absolute atomic E-state index is 13.0. The van der Waals surface area contributed by atoms with Crippen LogP contribution in [0.15, 0.2) is 30.3 Å². The lowest BCUT2D eigenvalue weighted by Gasteiger charge is -2.24. The fourth-order valence-electron chi connectivity index (χ4n) is 3.41. The van der Waals surface area contributed by atoms with Crippen molar-refractivity contribution in [2.24, 2.45) is 11.6 Å². The highest BCUT2D eigenvalue weighted by atomic mass is 16.2. The van der Waals surface area contributed by atoms with E-state index in [0.29, 0.717) is 19.4 Å². The number of benzene rings is 1. The summed E-state index contributed by atoms with van der Waals surface area (Å²) in [7, 11) is 0. The van der Waals surface area contributed by atoms with E-state index in [-0.39, 0.29) is 30.8 Å². The molecule has 0 saturated carbocycles. The minimum Gasteiger partial charge on any atom is -0.370 e. The Morgan fingerprint density at radius 3 is 2.48 bits per heavy atom. The van der Waals surface area contributed by atoms with Crippen molar-refractivity contribution in [3.05, 3.63) is 35.9 Å². The lowest BCUT2D eigenvalue weighted by molar-refractivity contribution is -0.132. The SMILES string of the molecule is N=C(N)NCCC[C@H](NC(=O)[C@H](Cc1ccccc1)NC(=O)[C@H]1CCCN1)C(=O)NN. The van der Waals surface area contributed by atoms with Crippen molar-refractivity contribution >= 4 is 23.7 Å². The molecule has 11 heteroatoms. The molecule has 1 aromatic rings. The molecule has 11 nitrogen and oxygen atoms in total. The smallest absolute Gasteiger partial charge is 0.256 e. The number of hydrazine groups is 1. The summed E-state index contributed by atoms with van der Waals surface area (Å²) in [6.45, 7) is 1.14. The predicted octanol–water partition coefficient (Wildman–Crippen LogP) is -1.80. The molecule has 0 unspecified atom stereocenters. The Kier molecular flexibility index (Phi) is 9.72. The molecule has 0 spiro atoms. The molecule has 3 atom stereocenters. The van der Waals surface area contributed by atoms with Gasteiger partial charge in [0.15, 0.2) is 5.96 Å². The van der Waals surface area contributed by atoms with Crippen LogP contribution in [0.3, 0.4) is 0 Å². The zero-order valence-corrected chi connectivity index (χ0v) is 17.4. The van der Waals surface area contributed by atoms with Gasteiger partial charge in [-0.05, 0) is 37.8 Å². The van der Waals surface area contributed by atoms with E-state index in [4.69, 9.17) is 17.0 Å². The highest BCUT2D eigenvalue weighted by Crippen LogP contribution is 2.08. The molecule has 0 aliphatic carbocycles. The van der Waals surface area contributed by atoms with E-state index in [1.54, 1.807) is 0 Å². The summed E-state index contributed by atoms with van der Waals surface area (Å²) in [5.74, 6) is 3.85. The van der Waals surface area contributed by atoms with Crippen LogP contribution in [0.25, 0.3) is 0 Å². The molecule has 0 aromatic heterocycles. The third kappa shape index (κ3) is 8.22. The van der Waals surface area contributed by atoms with Crippen molar-refractivity contribution in [1.82, 2.24) is 26.7 Å². The molecule has 2 rings (SSSR count). The molecule has 1 aliphatic rings. The van der Waals surface area contributed by atoms with Gasteiger partial charge in [0.05, 0.1) is 6.04 Å². The minimum absolute atomic E-state index is 0.171. The predicted molar refractivity (Wildman–Crippen MR) is 117 cm³/mol. The molecular formula is C20H32N8O3. The molecular weight excluding hydrogens is 400 g/mol. The van der Waals surface area contributed by atoms with Crippen molar-refractivity contribution in [3.8, 4) is 0 Å². The zero-order valence-electron chi connectivity index (χ0n) is 17.4. The van der Waals surface area contributed by atoms with Crippen LogP contribution < -0.4 is 38.3 Å². The topological polar surface area (TPSA) is 187 Å². The first-order valence-corrected chi connectivity index (χ1v) is 10.4. The third-order valence-corrected chi connectivity index (χ3v) is 5.05. The fourth-order valence-corrected chi connectivity index (χ4v) is 3.41. The number of carbonyl (C=O) groups is 3. The molecule has 1 saturated heterocycles. The third-order valence-electron chi connectivity index (χ3n) is 5.05. The summed E-state index contributed by atoms with van der Waals surface area (Å²) in [5.41, 5.74) is 8.18. The summed E-state index contributed by atoms with van der Waals surface area (Å²) in [6.07, 6.45) is 2.66. The molecule has 31 heavy (non-hydrogen) atoms. The maximum atomic E-state index is 13.0. The number of hydrogen-bond donors (Lipinski definition) is 8. The van der Waals surface area contributed by atoms with Crippen molar-refractivity contribution in [2.45, 2.75) is 50.2 Å². The Balaban J connectivity index is 2.05. The summed E-state index contributed by atoms with van der Waals surface area (Å²) in [5, 5.41) is 18.4. The van der Waals surface area contributed by atoms with Gasteiger partial charge >= 0.3 is 0 Å². The number of nitrogens with two attached hydrogens (primary N) is 2. The first-order valence-electron chi connectivity index (χ1n) is 10.4. The Morgan fingerprint density at radius 2 is 1.87 bits per heavy atom. The van der Waals surface area contributed by atoms with Crippen LogP contribution in [0.5, 0.6) is 0 Å². The quantitative estimate of drug-likeness (QED) is 0.0506. The van der Waals surface area contributed by atoms with Gasteiger partial charge in [0.1, 0.15) is 12.1 Å². The molecule has 1 aliphatic heterocycles. The number of hydrogen-bond acceptors (Lipinski definition) is 6. The Bertz CT molecular complexity index is 752. The molecule has 1 heterocycles. The average molecular weight is 433 g/mol. The monoisotopic (exact) mass is 432 g/mol. The number of amides is 3. The van der Waals surface area contributed by atoms with E-state index >= 15 is 0 Å². The van der Waals surface area contributed by atoms with Gasteiger partial charge in [-0.2, -0.15) is 0 Å². The van der Waals surface area contributed by atoms with Gasteiger partial charge in [0.25, 0.3) is 5.91 Å². The molecule has 1 aromatic carbocycles. The van der Waals surface area contributed by atoms with Gasteiger partial charge in [-0.1, -0.05) is 30.3 Å². The molecule has 0 bridgehead atoms. The van der Waals surface area contributed by atoms with E-state index in [2.05, 4.69) is 26.7 Å². The van der Waals surface area contributed by atoms with E-state index in [0.717, 1.165) is 18.5 Å². The maximum Gasteiger partial charge on any atom is 0.256 e. The Morgan fingerprint density at radius 1 is 1.13 bits per heavy atom. The summed E-state index contributed by atoms with van der Waals surface area (Å²) in [6, 6.07) is 7.28. The first-order chi connectivity index (χ1) is 14.9. The van der Waals surface area contributed by atoms with E-state index in [1.807, 2.05) is 30.3 Å². The number of nitrogens with one attached hydrogen (secondary N) is 6. The number of rotatable bonds is 11. The van der Waals surface area contributed by atoms with E-state index in [1.165, 1.54) is 0 Å². The lowest BCUT2D eigenvalue weighted by Crippen LogP contribution is -2.57. The van der Waals surface area contributed by atoms with Gasteiger partial charge in [0.2, 0.25) is 11.8 Å². The van der Waals surface area contributed by atoms with Crippen LogP contribution in [0.4, 0.5) is 0 Å². The summed E-state index contributed by atoms with van der Waals surface area (Å²) in [4.78, 5) is 37.8. The van der Waals surface area contributed by atoms with Crippen LogP contribution in [0.2, 0.25) is 0 Å². The Labute approximate surface area is 181 Å². The normalized spacial score (nSPS) is 17.3. The van der Waals surface area contributed by atoms with Gasteiger partial charge in [-0.3, -0.25) is 25.2 Å². The number of guanidine groups is 1. The molecule has 1 fully saturated rings. The fraction of sp³-hybridized carbons (Fsp3) is 0.500. The average Bonchev–Trinajstić information content (AvgIpc) is 3.30. The first kappa shape index (κ1) is 24.1. The molecule has 3 amide bonds.